The van der Waals surface area contributed by atoms with Crippen molar-refractivity contribution in [3.8, 4) is 0 Å². The Hall–Kier alpha value is -1.68. The number of hydrogen-bond donors (Lipinski definition) is 1. The summed E-state index contributed by atoms with van der Waals surface area (Å²) in [5.41, 5.74) is 2.30. The first-order valence-electron chi connectivity index (χ1n) is 5.95. The van der Waals surface area contributed by atoms with Gasteiger partial charge in [-0.25, -0.2) is 0 Å². The molecule has 4 nitrogen and oxygen atoms in total. The van der Waals surface area contributed by atoms with Crippen LogP contribution in [0, 0.1) is 0 Å². The molecular formula is C13H16N4. The zero-order chi connectivity index (χ0) is 11.7. The Kier molecular flexibility index (Phi) is 2.65. The number of nitrogens with one attached hydrogen (secondary N) is 1. The molecule has 1 unspecified atom stereocenters. The second-order valence-electron chi connectivity index (χ2n) is 4.38. The highest BCUT2D eigenvalue weighted by Crippen LogP contribution is 2.14. The zero-order valence-electron chi connectivity index (χ0n) is 9.93. The van der Waals surface area contributed by atoms with Gasteiger partial charge in [-0.3, -0.25) is 9.98 Å². The van der Waals surface area contributed by atoms with E-state index in [1.165, 1.54) is 5.56 Å². The minimum absolute atomic E-state index is 0.157. The van der Waals surface area contributed by atoms with Gasteiger partial charge in [0.15, 0.2) is 0 Å². The summed E-state index contributed by atoms with van der Waals surface area (Å²) in [4.78, 5) is 11.4. The molecule has 0 amide bonds. The number of fused-ring (bicyclic) bond motifs is 1. The zero-order valence-corrected chi connectivity index (χ0v) is 9.93. The number of aliphatic imine (C=N–C) groups is 2. The van der Waals surface area contributed by atoms with Gasteiger partial charge in [0.25, 0.3) is 0 Å². The van der Waals surface area contributed by atoms with Gasteiger partial charge in [0.05, 0.1) is 12.3 Å². The van der Waals surface area contributed by atoms with Crippen LogP contribution in [0.3, 0.4) is 0 Å². The number of amidine groups is 1. The third-order valence-corrected chi connectivity index (χ3v) is 3.18. The van der Waals surface area contributed by atoms with Gasteiger partial charge in [-0.2, -0.15) is 0 Å². The molecule has 88 valence electrons. The third kappa shape index (κ3) is 1.85. The fraction of sp³-hybridized carbons (Fsp3) is 0.385. The molecule has 17 heavy (non-hydrogen) atoms. The van der Waals surface area contributed by atoms with Gasteiger partial charge < -0.3 is 10.2 Å². The number of hydrogen-bond acceptors (Lipinski definition) is 4. The molecule has 0 saturated heterocycles. The molecule has 2 aliphatic heterocycles. The monoisotopic (exact) mass is 228 g/mol. The fourth-order valence-electron chi connectivity index (χ4n) is 2.33. The Morgan fingerprint density at radius 2 is 2.06 bits per heavy atom. The summed E-state index contributed by atoms with van der Waals surface area (Å²) in [7, 11) is 2.05. The maximum atomic E-state index is 4.66. The second kappa shape index (κ2) is 4.30. The first-order valence-corrected chi connectivity index (χ1v) is 5.95. The van der Waals surface area contributed by atoms with Crippen molar-refractivity contribution < 1.29 is 0 Å². The van der Waals surface area contributed by atoms with E-state index in [0.29, 0.717) is 6.67 Å². The van der Waals surface area contributed by atoms with Crippen LogP contribution in [0.4, 0.5) is 0 Å². The summed E-state index contributed by atoms with van der Waals surface area (Å²) in [5.74, 6) is 1.12. The van der Waals surface area contributed by atoms with Gasteiger partial charge in [-0.15, -0.1) is 0 Å². The normalized spacial score (nSPS) is 23.8. The van der Waals surface area contributed by atoms with E-state index >= 15 is 0 Å². The van der Waals surface area contributed by atoms with Crippen LogP contribution in [-0.4, -0.2) is 49.3 Å². The third-order valence-electron chi connectivity index (χ3n) is 3.18. The first kappa shape index (κ1) is 10.5. The number of likely N-dealkylation sites (N-methyl/N-ethyl adjacent to an activating group) is 1. The van der Waals surface area contributed by atoms with E-state index in [0.717, 1.165) is 24.6 Å². The second-order valence-corrected chi connectivity index (χ2v) is 4.38. The van der Waals surface area contributed by atoms with Crippen molar-refractivity contribution >= 4 is 11.5 Å². The maximum Gasteiger partial charge on any atom is 0.124 e. The number of benzene rings is 1. The van der Waals surface area contributed by atoms with Crippen LogP contribution in [0.5, 0.6) is 0 Å². The lowest BCUT2D eigenvalue weighted by molar-refractivity contribution is 0.467. The standard InChI is InChI=1S/C13H16N4/c1-17-9-16-11(10-5-3-2-4-6-10)12-13(17)15-8-7-14-12/h2-6,12,14H,7-9H2,1H3. The highest BCUT2D eigenvalue weighted by atomic mass is 15.3. The first-order chi connectivity index (χ1) is 8.36. The highest BCUT2D eigenvalue weighted by Gasteiger charge is 2.30. The molecule has 1 aromatic carbocycles. The number of rotatable bonds is 1. The van der Waals surface area contributed by atoms with Crippen LogP contribution < -0.4 is 5.32 Å². The van der Waals surface area contributed by atoms with Gasteiger partial charge in [0.2, 0.25) is 0 Å². The molecule has 2 aliphatic rings. The summed E-state index contributed by atoms with van der Waals surface area (Å²) < 4.78 is 0. The van der Waals surface area contributed by atoms with Crippen molar-refractivity contribution in [2.24, 2.45) is 9.98 Å². The summed E-state index contributed by atoms with van der Waals surface area (Å²) >= 11 is 0. The Morgan fingerprint density at radius 1 is 1.24 bits per heavy atom. The minimum Gasteiger partial charge on any atom is -0.342 e. The lowest BCUT2D eigenvalue weighted by Gasteiger charge is -2.35. The fourth-order valence-corrected chi connectivity index (χ4v) is 2.33. The van der Waals surface area contributed by atoms with Crippen molar-refractivity contribution in [2.75, 3.05) is 26.8 Å². The van der Waals surface area contributed by atoms with Crippen molar-refractivity contribution in [3.63, 3.8) is 0 Å². The molecule has 0 aromatic heterocycles. The lowest BCUT2D eigenvalue weighted by atomic mass is 9.99. The SMILES string of the molecule is CN1CN=C(c2ccccc2)C2NCCN=C21. The molecule has 0 fully saturated rings. The smallest absolute Gasteiger partial charge is 0.124 e. The molecule has 1 N–H and O–H groups in total. The molecule has 1 aromatic rings. The van der Waals surface area contributed by atoms with E-state index in [1.54, 1.807) is 0 Å². The van der Waals surface area contributed by atoms with Crippen molar-refractivity contribution in [3.05, 3.63) is 35.9 Å². The Morgan fingerprint density at radius 3 is 2.88 bits per heavy atom. The summed E-state index contributed by atoms with van der Waals surface area (Å²) in [5, 5.41) is 3.50. The van der Waals surface area contributed by atoms with Crippen molar-refractivity contribution in [1.82, 2.24) is 10.2 Å². The van der Waals surface area contributed by atoms with Crippen LogP contribution >= 0.6 is 0 Å². The molecule has 0 bridgehead atoms. The summed E-state index contributed by atoms with van der Waals surface area (Å²) in [6, 6.07) is 10.5. The van der Waals surface area contributed by atoms with E-state index in [1.807, 2.05) is 13.1 Å². The van der Waals surface area contributed by atoms with Crippen LogP contribution in [0.2, 0.25) is 0 Å². The van der Waals surface area contributed by atoms with E-state index in [9.17, 15) is 0 Å². The predicted octanol–water partition coefficient (Wildman–Crippen LogP) is 0.749. The molecule has 0 radical (unpaired) electrons. The molecule has 3 rings (SSSR count). The van der Waals surface area contributed by atoms with Gasteiger partial charge in [0, 0.05) is 13.6 Å². The molecule has 0 aliphatic carbocycles. The molecular weight excluding hydrogens is 212 g/mol. The number of nitrogens with zero attached hydrogens (tertiary/aromatic N) is 3. The van der Waals surface area contributed by atoms with Crippen molar-refractivity contribution in [1.29, 1.82) is 0 Å². The highest BCUT2D eigenvalue weighted by molar-refractivity contribution is 6.19. The molecule has 0 spiro atoms. The van der Waals surface area contributed by atoms with Crippen LogP contribution in [0.25, 0.3) is 0 Å². The predicted molar refractivity (Wildman–Crippen MR) is 69.7 cm³/mol. The molecule has 4 heteroatoms. The van der Waals surface area contributed by atoms with Crippen LogP contribution in [0.15, 0.2) is 40.3 Å². The molecule has 1 atom stereocenters. The Labute approximate surface area is 101 Å². The van der Waals surface area contributed by atoms with Gasteiger partial charge in [0.1, 0.15) is 18.5 Å². The lowest BCUT2D eigenvalue weighted by Crippen LogP contribution is -2.56. The van der Waals surface area contributed by atoms with E-state index in [2.05, 4.69) is 44.5 Å². The van der Waals surface area contributed by atoms with E-state index < -0.39 is 0 Å². The van der Waals surface area contributed by atoms with Gasteiger partial charge in [-0.1, -0.05) is 30.3 Å². The Balaban J connectivity index is 2.00. The molecule has 0 saturated carbocycles. The average molecular weight is 228 g/mol. The van der Waals surface area contributed by atoms with Gasteiger partial charge >= 0.3 is 0 Å². The topological polar surface area (TPSA) is 40.0 Å². The summed E-state index contributed by atoms with van der Waals surface area (Å²) in [6.07, 6.45) is 0. The average Bonchev–Trinajstić information content (AvgIpc) is 2.41. The van der Waals surface area contributed by atoms with Crippen molar-refractivity contribution in [2.45, 2.75) is 6.04 Å². The Bertz CT molecular complexity index is 464. The van der Waals surface area contributed by atoms with Crippen LogP contribution in [-0.2, 0) is 0 Å². The van der Waals surface area contributed by atoms with E-state index in [4.69, 9.17) is 0 Å². The largest absolute Gasteiger partial charge is 0.342 e. The summed E-state index contributed by atoms with van der Waals surface area (Å²) in [6.45, 7) is 2.48. The maximum absolute atomic E-state index is 4.66. The molecule has 2 heterocycles. The van der Waals surface area contributed by atoms with E-state index in [-0.39, 0.29) is 6.04 Å². The minimum atomic E-state index is 0.157. The quantitative estimate of drug-likeness (QED) is 0.770. The van der Waals surface area contributed by atoms with Gasteiger partial charge in [-0.05, 0) is 5.56 Å². The van der Waals surface area contributed by atoms with Crippen LogP contribution in [0.1, 0.15) is 5.56 Å².